The molecule has 1 rings (SSSR count). The van der Waals surface area contributed by atoms with Crippen molar-refractivity contribution in [3.8, 4) is 6.07 Å². The average molecular weight is 296 g/mol. The molecule has 0 saturated carbocycles. The lowest BCUT2D eigenvalue weighted by Gasteiger charge is -2.14. The molecular formula is C14H18ClN3O2. The summed E-state index contributed by atoms with van der Waals surface area (Å²) in [6, 6.07) is 6.15. The number of nitrogens with one attached hydrogen (secondary N) is 2. The Morgan fingerprint density at radius 1 is 1.50 bits per heavy atom. The van der Waals surface area contributed by atoms with E-state index in [1.165, 1.54) is 12.1 Å². The lowest BCUT2D eigenvalue weighted by atomic mass is 10.1. The molecule has 1 atom stereocenters. The number of carbonyl (C=O) groups excluding carboxylic acids is 1. The molecular weight excluding hydrogens is 278 g/mol. The number of hydrogen-bond acceptors (Lipinski definition) is 3. The molecule has 0 bridgehead atoms. The molecule has 2 amide bonds. The van der Waals surface area contributed by atoms with Gasteiger partial charge in [0.25, 0.3) is 0 Å². The first-order valence-corrected chi connectivity index (χ1v) is 6.72. The van der Waals surface area contributed by atoms with E-state index >= 15 is 0 Å². The first-order valence-electron chi connectivity index (χ1n) is 6.35. The highest BCUT2D eigenvalue weighted by Gasteiger charge is 2.09. The number of rotatable bonds is 5. The Morgan fingerprint density at radius 2 is 2.20 bits per heavy atom. The van der Waals surface area contributed by atoms with Crippen LogP contribution in [0.5, 0.6) is 0 Å². The van der Waals surface area contributed by atoms with Crippen molar-refractivity contribution < 1.29 is 9.90 Å². The summed E-state index contributed by atoms with van der Waals surface area (Å²) in [6.07, 6.45) is 0.0634. The smallest absolute Gasteiger partial charge is 0.319 e. The SMILES string of the molecule is CC(C)CC(O)CNC(=O)Nc1ccc(C#N)c(Cl)c1. The molecule has 3 N–H and O–H groups in total. The van der Waals surface area contributed by atoms with Crippen molar-refractivity contribution in [3.05, 3.63) is 28.8 Å². The number of nitrogens with zero attached hydrogens (tertiary/aromatic N) is 1. The molecule has 1 aromatic rings. The molecule has 0 aliphatic carbocycles. The van der Waals surface area contributed by atoms with Gasteiger partial charge in [-0.2, -0.15) is 5.26 Å². The highest BCUT2D eigenvalue weighted by molar-refractivity contribution is 6.32. The number of carbonyl (C=O) groups is 1. The molecule has 0 heterocycles. The van der Waals surface area contributed by atoms with Crippen LogP contribution in [0.1, 0.15) is 25.8 Å². The van der Waals surface area contributed by atoms with E-state index in [2.05, 4.69) is 10.6 Å². The lowest BCUT2D eigenvalue weighted by molar-refractivity contribution is 0.148. The third-order valence-electron chi connectivity index (χ3n) is 2.59. The Kier molecular flexibility index (Phi) is 6.29. The van der Waals surface area contributed by atoms with E-state index in [4.69, 9.17) is 16.9 Å². The summed E-state index contributed by atoms with van der Waals surface area (Å²) in [6.45, 7) is 4.19. The Morgan fingerprint density at radius 3 is 2.75 bits per heavy atom. The number of benzene rings is 1. The molecule has 108 valence electrons. The minimum Gasteiger partial charge on any atom is -0.391 e. The Hall–Kier alpha value is -1.77. The van der Waals surface area contributed by atoms with Crippen LogP contribution in [-0.2, 0) is 0 Å². The van der Waals surface area contributed by atoms with Crippen LogP contribution in [0.4, 0.5) is 10.5 Å². The van der Waals surface area contributed by atoms with Gasteiger partial charge in [0, 0.05) is 12.2 Å². The number of halogens is 1. The van der Waals surface area contributed by atoms with E-state index in [0.717, 1.165) is 0 Å². The van der Waals surface area contributed by atoms with E-state index < -0.39 is 12.1 Å². The van der Waals surface area contributed by atoms with E-state index in [9.17, 15) is 9.90 Å². The van der Waals surface area contributed by atoms with Gasteiger partial charge in [-0.15, -0.1) is 0 Å². The Balaban J connectivity index is 2.47. The minimum absolute atomic E-state index is 0.189. The van der Waals surface area contributed by atoms with Gasteiger partial charge in [0.05, 0.1) is 16.7 Å². The van der Waals surface area contributed by atoms with Crippen molar-refractivity contribution >= 4 is 23.3 Å². The summed E-state index contributed by atoms with van der Waals surface area (Å²) in [5.41, 5.74) is 0.842. The monoisotopic (exact) mass is 295 g/mol. The zero-order chi connectivity index (χ0) is 15.1. The maximum absolute atomic E-state index is 11.6. The van der Waals surface area contributed by atoms with Gasteiger partial charge in [-0.05, 0) is 30.5 Å². The van der Waals surface area contributed by atoms with Gasteiger partial charge in [-0.1, -0.05) is 25.4 Å². The molecule has 1 unspecified atom stereocenters. The van der Waals surface area contributed by atoms with Crippen molar-refractivity contribution in [2.24, 2.45) is 5.92 Å². The summed E-state index contributed by atoms with van der Waals surface area (Å²) in [5, 5.41) is 23.8. The molecule has 0 spiro atoms. The van der Waals surface area contributed by atoms with Crippen LogP contribution < -0.4 is 10.6 Å². The summed E-state index contributed by atoms with van der Waals surface area (Å²) in [5.74, 6) is 0.368. The van der Waals surface area contributed by atoms with Crippen LogP contribution in [0.15, 0.2) is 18.2 Å². The normalized spacial score (nSPS) is 11.8. The van der Waals surface area contributed by atoms with Gasteiger partial charge >= 0.3 is 6.03 Å². The third-order valence-corrected chi connectivity index (χ3v) is 2.90. The summed E-state index contributed by atoms with van der Waals surface area (Å²) in [7, 11) is 0. The molecule has 0 saturated heterocycles. The molecule has 20 heavy (non-hydrogen) atoms. The van der Waals surface area contributed by atoms with Crippen LogP contribution in [0.2, 0.25) is 5.02 Å². The predicted molar refractivity (Wildman–Crippen MR) is 78.7 cm³/mol. The molecule has 1 aromatic carbocycles. The maximum atomic E-state index is 11.6. The number of anilines is 1. The second-order valence-corrected chi connectivity index (χ2v) is 5.33. The number of aliphatic hydroxyl groups excluding tert-OH is 1. The number of hydrogen-bond donors (Lipinski definition) is 3. The topological polar surface area (TPSA) is 85.2 Å². The molecule has 5 nitrogen and oxygen atoms in total. The standard InChI is InChI=1S/C14H18ClN3O2/c1-9(2)5-12(19)8-17-14(20)18-11-4-3-10(7-16)13(15)6-11/h3-4,6,9,12,19H,5,8H2,1-2H3,(H2,17,18,20). The van der Waals surface area contributed by atoms with E-state index in [1.54, 1.807) is 6.07 Å². The minimum atomic E-state index is -0.565. The molecule has 6 heteroatoms. The molecule has 0 aliphatic rings. The van der Waals surface area contributed by atoms with Crippen molar-refractivity contribution in [1.82, 2.24) is 5.32 Å². The summed E-state index contributed by atoms with van der Waals surface area (Å²) < 4.78 is 0. The number of aliphatic hydroxyl groups is 1. The molecule has 0 radical (unpaired) electrons. The van der Waals surface area contributed by atoms with Crippen LogP contribution in [-0.4, -0.2) is 23.8 Å². The quantitative estimate of drug-likeness (QED) is 0.781. The first kappa shape index (κ1) is 16.3. The second-order valence-electron chi connectivity index (χ2n) is 4.92. The largest absolute Gasteiger partial charge is 0.391 e. The highest BCUT2D eigenvalue weighted by atomic mass is 35.5. The van der Waals surface area contributed by atoms with Crippen LogP contribution in [0.3, 0.4) is 0 Å². The zero-order valence-corrected chi connectivity index (χ0v) is 12.2. The number of nitriles is 1. The third kappa shape index (κ3) is 5.47. The van der Waals surface area contributed by atoms with Gasteiger partial charge in [0.15, 0.2) is 0 Å². The number of amides is 2. The van der Waals surface area contributed by atoms with Crippen LogP contribution in [0, 0.1) is 17.2 Å². The van der Waals surface area contributed by atoms with E-state index in [-0.39, 0.29) is 11.6 Å². The zero-order valence-electron chi connectivity index (χ0n) is 11.5. The average Bonchev–Trinajstić information content (AvgIpc) is 2.36. The van der Waals surface area contributed by atoms with Gasteiger partial charge < -0.3 is 15.7 Å². The van der Waals surface area contributed by atoms with Gasteiger partial charge in [0.1, 0.15) is 6.07 Å². The number of urea groups is 1. The Labute approximate surface area is 123 Å². The fraction of sp³-hybridized carbons (Fsp3) is 0.429. The molecule has 0 fully saturated rings. The van der Waals surface area contributed by atoms with Crippen molar-refractivity contribution in [1.29, 1.82) is 5.26 Å². The summed E-state index contributed by atoms with van der Waals surface area (Å²) >= 11 is 5.86. The second kappa shape index (κ2) is 7.73. The van der Waals surface area contributed by atoms with Crippen molar-refractivity contribution in [2.45, 2.75) is 26.4 Å². The fourth-order valence-corrected chi connectivity index (χ4v) is 1.92. The summed E-state index contributed by atoms with van der Waals surface area (Å²) in [4.78, 5) is 11.6. The molecule has 0 aliphatic heterocycles. The first-order chi connectivity index (χ1) is 9.42. The van der Waals surface area contributed by atoms with Gasteiger partial charge in [-0.3, -0.25) is 0 Å². The van der Waals surface area contributed by atoms with Crippen LogP contribution in [0.25, 0.3) is 0 Å². The van der Waals surface area contributed by atoms with Crippen molar-refractivity contribution in [3.63, 3.8) is 0 Å². The fourth-order valence-electron chi connectivity index (χ4n) is 1.70. The Bertz CT molecular complexity index is 512. The van der Waals surface area contributed by atoms with Gasteiger partial charge in [0.2, 0.25) is 0 Å². The predicted octanol–water partition coefficient (Wildman–Crippen LogP) is 2.74. The van der Waals surface area contributed by atoms with Gasteiger partial charge in [-0.25, -0.2) is 4.79 Å². The maximum Gasteiger partial charge on any atom is 0.319 e. The highest BCUT2D eigenvalue weighted by Crippen LogP contribution is 2.19. The van der Waals surface area contributed by atoms with E-state index in [1.807, 2.05) is 19.9 Å². The molecule has 0 aromatic heterocycles. The van der Waals surface area contributed by atoms with E-state index in [0.29, 0.717) is 23.6 Å². The van der Waals surface area contributed by atoms with Crippen LogP contribution >= 0.6 is 11.6 Å². The lowest BCUT2D eigenvalue weighted by Crippen LogP contribution is -2.35. The van der Waals surface area contributed by atoms with Crippen molar-refractivity contribution in [2.75, 3.05) is 11.9 Å².